The predicted molar refractivity (Wildman–Crippen MR) is 63.4 cm³/mol. The lowest BCUT2D eigenvalue weighted by molar-refractivity contribution is 0.0993. The molecule has 76 valence electrons. The molecule has 0 aromatic heterocycles. The first-order chi connectivity index (χ1) is 6.56. The van der Waals surface area contributed by atoms with Crippen LogP contribution in [0.3, 0.4) is 0 Å². The molecule has 0 aliphatic rings. The molecule has 0 saturated heterocycles. The van der Waals surface area contributed by atoms with E-state index in [9.17, 15) is 4.79 Å². The topological polar surface area (TPSA) is 26.3 Å². The van der Waals surface area contributed by atoms with Crippen molar-refractivity contribution in [3.05, 3.63) is 28.2 Å². The van der Waals surface area contributed by atoms with Gasteiger partial charge in [0.25, 0.3) is 0 Å². The van der Waals surface area contributed by atoms with E-state index in [-0.39, 0.29) is 10.6 Å². The van der Waals surface area contributed by atoms with Crippen molar-refractivity contribution < 1.29 is 9.53 Å². The summed E-state index contributed by atoms with van der Waals surface area (Å²) < 4.78 is 6.02. The quantitative estimate of drug-likeness (QED) is 0.630. The first kappa shape index (κ1) is 11.7. The SMILES string of the molecule is COc1cc(Br)ccc1C(=O)C(C)Br. The summed E-state index contributed by atoms with van der Waals surface area (Å²) in [4.78, 5) is 11.5. The molecule has 0 fully saturated rings. The van der Waals surface area contributed by atoms with Crippen molar-refractivity contribution in [3.63, 3.8) is 0 Å². The van der Waals surface area contributed by atoms with E-state index < -0.39 is 0 Å². The van der Waals surface area contributed by atoms with Crippen LogP contribution in [0.2, 0.25) is 0 Å². The number of carbonyl (C=O) groups excluding carboxylic acids is 1. The van der Waals surface area contributed by atoms with Gasteiger partial charge < -0.3 is 4.74 Å². The Kier molecular flexibility index (Phi) is 4.13. The zero-order chi connectivity index (χ0) is 10.7. The molecule has 0 aliphatic heterocycles. The van der Waals surface area contributed by atoms with E-state index in [0.29, 0.717) is 11.3 Å². The van der Waals surface area contributed by atoms with Crippen LogP contribution in [0.5, 0.6) is 5.75 Å². The lowest BCUT2D eigenvalue weighted by Crippen LogP contribution is -2.11. The molecular formula is C10H10Br2O2. The molecule has 0 radical (unpaired) electrons. The van der Waals surface area contributed by atoms with Gasteiger partial charge in [0.1, 0.15) is 5.75 Å². The van der Waals surface area contributed by atoms with Crippen molar-refractivity contribution in [2.75, 3.05) is 7.11 Å². The first-order valence-corrected chi connectivity index (χ1v) is 5.79. The second-order valence-corrected chi connectivity index (χ2v) is 5.11. The number of carbonyl (C=O) groups is 1. The highest BCUT2D eigenvalue weighted by Crippen LogP contribution is 2.25. The normalized spacial score (nSPS) is 12.3. The van der Waals surface area contributed by atoms with Crippen LogP contribution < -0.4 is 4.74 Å². The number of benzene rings is 1. The highest BCUT2D eigenvalue weighted by atomic mass is 79.9. The Labute approximate surface area is 99.9 Å². The molecule has 0 saturated carbocycles. The Balaban J connectivity index is 3.14. The molecule has 1 rings (SSSR count). The summed E-state index contributed by atoms with van der Waals surface area (Å²) in [6.45, 7) is 1.80. The van der Waals surface area contributed by atoms with Crippen LogP contribution in [0.15, 0.2) is 22.7 Å². The van der Waals surface area contributed by atoms with E-state index in [2.05, 4.69) is 31.9 Å². The smallest absolute Gasteiger partial charge is 0.179 e. The van der Waals surface area contributed by atoms with E-state index in [0.717, 1.165) is 4.47 Å². The Morgan fingerprint density at radius 2 is 2.14 bits per heavy atom. The summed E-state index contributed by atoms with van der Waals surface area (Å²) in [7, 11) is 1.55. The summed E-state index contributed by atoms with van der Waals surface area (Å²) >= 11 is 6.56. The van der Waals surface area contributed by atoms with Crippen LogP contribution >= 0.6 is 31.9 Å². The molecule has 0 heterocycles. The third-order valence-corrected chi connectivity index (χ3v) is 2.70. The van der Waals surface area contributed by atoms with Crippen LogP contribution in [-0.4, -0.2) is 17.7 Å². The molecule has 1 aromatic carbocycles. The fourth-order valence-corrected chi connectivity index (χ4v) is 1.67. The number of Topliss-reactive ketones (excluding diaryl/α,β-unsaturated/α-hetero) is 1. The van der Waals surface area contributed by atoms with Crippen molar-refractivity contribution >= 4 is 37.6 Å². The number of methoxy groups -OCH3 is 1. The van der Waals surface area contributed by atoms with Crippen molar-refractivity contribution in [2.24, 2.45) is 0 Å². The Morgan fingerprint density at radius 3 is 2.64 bits per heavy atom. The van der Waals surface area contributed by atoms with Crippen LogP contribution in [0, 0.1) is 0 Å². The van der Waals surface area contributed by atoms with Crippen molar-refractivity contribution in [1.82, 2.24) is 0 Å². The maximum Gasteiger partial charge on any atom is 0.179 e. The zero-order valence-corrected chi connectivity index (χ0v) is 11.1. The first-order valence-electron chi connectivity index (χ1n) is 4.08. The Hall–Kier alpha value is -0.350. The fraction of sp³-hybridized carbons (Fsp3) is 0.300. The largest absolute Gasteiger partial charge is 0.496 e. The van der Waals surface area contributed by atoms with Gasteiger partial charge in [0, 0.05) is 4.47 Å². The average molecular weight is 322 g/mol. The standard InChI is InChI=1S/C10H10Br2O2/c1-6(11)10(13)8-4-3-7(12)5-9(8)14-2/h3-6H,1-2H3. The molecule has 0 spiro atoms. The number of ether oxygens (including phenoxy) is 1. The minimum absolute atomic E-state index is 0.0225. The van der Waals surface area contributed by atoms with Gasteiger partial charge in [-0.3, -0.25) is 4.79 Å². The van der Waals surface area contributed by atoms with E-state index in [1.54, 1.807) is 26.2 Å². The van der Waals surface area contributed by atoms with Crippen LogP contribution in [0.1, 0.15) is 17.3 Å². The molecule has 0 bridgehead atoms. The minimum Gasteiger partial charge on any atom is -0.496 e. The number of hydrogen-bond acceptors (Lipinski definition) is 2. The van der Waals surface area contributed by atoms with Gasteiger partial charge in [-0.1, -0.05) is 31.9 Å². The minimum atomic E-state index is -0.197. The van der Waals surface area contributed by atoms with E-state index in [4.69, 9.17) is 4.74 Å². The summed E-state index contributed by atoms with van der Waals surface area (Å²) in [5.74, 6) is 0.616. The fourth-order valence-electron chi connectivity index (χ4n) is 1.08. The molecule has 0 N–H and O–H groups in total. The summed E-state index contributed by atoms with van der Waals surface area (Å²) in [5.41, 5.74) is 0.597. The highest BCUT2D eigenvalue weighted by molar-refractivity contribution is 9.10. The van der Waals surface area contributed by atoms with Crippen LogP contribution in [0.25, 0.3) is 0 Å². The van der Waals surface area contributed by atoms with Crippen molar-refractivity contribution in [3.8, 4) is 5.75 Å². The molecule has 0 amide bonds. The van der Waals surface area contributed by atoms with E-state index in [1.807, 2.05) is 6.07 Å². The van der Waals surface area contributed by atoms with Gasteiger partial charge in [-0.15, -0.1) is 0 Å². The lowest BCUT2D eigenvalue weighted by atomic mass is 10.1. The van der Waals surface area contributed by atoms with E-state index in [1.165, 1.54) is 0 Å². The molecule has 4 heteroatoms. The van der Waals surface area contributed by atoms with Gasteiger partial charge in [0.15, 0.2) is 5.78 Å². The molecule has 0 aliphatic carbocycles. The van der Waals surface area contributed by atoms with Gasteiger partial charge >= 0.3 is 0 Å². The van der Waals surface area contributed by atoms with E-state index >= 15 is 0 Å². The maximum absolute atomic E-state index is 11.7. The zero-order valence-electron chi connectivity index (χ0n) is 7.88. The highest BCUT2D eigenvalue weighted by Gasteiger charge is 2.16. The van der Waals surface area contributed by atoms with Gasteiger partial charge in [-0.25, -0.2) is 0 Å². The lowest BCUT2D eigenvalue weighted by Gasteiger charge is -2.08. The molecule has 1 atom stereocenters. The molecule has 1 aromatic rings. The average Bonchev–Trinajstić information content (AvgIpc) is 2.16. The molecule has 1 unspecified atom stereocenters. The Morgan fingerprint density at radius 1 is 1.50 bits per heavy atom. The summed E-state index contributed by atoms with van der Waals surface area (Å²) in [6.07, 6.45) is 0. The number of halogens is 2. The number of alkyl halides is 1. The Bertz CT molecular complexity index is 348. The van der Waals surface area contributed by atoms with Crippen LogP contribution in [-0.2, 0) is 0 Å². The third kappa shape index (κ3) is 2.58. The van der Waals surface area contributed by atoms with Crippen molar-refractivity contribution in [2.45, 2.75) is 11.8 Å². The van der Waals surface area contributed by atoms with Crippen LogP contribution in [0.4, 0.5) is 0 Å². The third-order valence-electron chi connectivity index (χ3n) is 1.79. The second kappa shape index (κ2) is 4.94. The number of rotatable bonds is 3. The van der Waals surface area contributed by atoms with Gasteiger partial charge in [0.2, 0.25) is 0 Å². The van der Waals surface area contributed by atoms with Crippen molar-refractivity contribution in [1.29, 1.82) is 0 Å². The molecule has 2 nitrogen and oxygen atoms in total. The predicted octanol–water partition coefficient (Wildman–Crippen LogP) is 3.42. The number of hydrogen-bond donors (Lipinski definition) is 0. The summed E-state index contributed by atoms with van der Waals surface area (Å²) in [5, 5.41) is 0. The molecule has 14 heavy (non-hydrogen) atoms. The summed E-state index contributed by atoms with van der Waals surface area (Å²) in [6, 6.07) is 5.36. The maximum atomic E-state index is 11.7. The van der Waals surface area contributed by atoms with Gasteiger partial charge in [-0.05, 0) is 25.1 Å². The number of ketones is 1. The monoisotopic (exact) mass is 320 g/mol. The van der Waals surface area contributed by atoms with Gasteiger partial charge in [0.05, 0.1) is 17.5 Å². The van der Waals surface area contributed by atoms with Gasteiger partial charge in [-0.2, -0.15) is 0 Å². The second-order valence-electron chi connectivity index (χ2n) is 2.82. The molecular weight excluding hydrogens is 312 g/mol.